The van der Waals surface area contributed by atoms with E-state index in [1.807, 2.05) is 24.3 Å². The van der Waals surface area contributed by atoms with Crippen LogP contribution in [0.1, 0.15) is 33.6 Å². The highest BCUT2D eigenvalue weighted by atomic mass is 32.1. The van der Waals surface area contributed by atoms with Gasteiger partial charge >= 0.3 is 0 Å². The first-order chi connectivity index (χ1) is 30.7. The summed E-state index contributed by atoms with van der Waals surface area (Å²) in [4.78, 5) is 16.5. The highest BCUT2D eigenvalue weighted by Crippen LogP contribution is 2.43. The minimum Gasteiger partial charge on any atom is -0.208 e. The maximum atomic E-state index is 5.17. The van der Waals surface area contributed by atoms with Crippen molar-refractivity contribution in [3.8, 4) is 45.3 Å². The van der Waals surface area contributed by atoms with Crippen molar-refractivity contribution in [3.05, 3.63) is 198 Å². The molecule has 8 aromatic carbocycles. The van der Waals surface area contributed by atoms with Gasteiger partial charge in [0.2, 0.25) is 0 Å². The fraction of sp³-hybridized carbons (Fsp3) is 0.0351. The first-order valence-corrected chi connectivity index (χ1v) is 22.6. The Kier molecular flexibility index (Phi) is 8.84. The predicted octanol–water partition coefficient (Wildman–Crippen LogP) is 16.2. The number of nitrogens with zero attached hydrogens (tertiary/aromatic N) is 3. The second kappa shape index (κ2) is 15.0. The highest BCUT2D eigenvalue weighted by molar-refractivity contribution is 7.26. The number of fused-ring (bicyclic) bond motifs is 10. The van der Waals surface area contributed by atoms with Gasteiger partial charge in [0, 0.05) is 57.4 Å². The van der Waals surface area contributed by atoms with E-state index in [9.17, 15) is 0 Å². The van der Waals surface area contributed by atoms with Gasteiger partial charge in [-0.2, -0.15) is 0 Å². The van der Waals surface area contributed by atoms with Crippen molar-refractivity contribution in [2.24, 2.45) is 0 Å². The Morgan fingerprint density at radius 3 is 2.00 bits per heavy atom. The van der Waals surface area contributed by atoms with E-state index in [0.717, 1.165) is 40.0 Å². The minimum absolute atomic E-state index is 0.643. The van der Waals surface area contributed by atoms with Crippen LogP contribution in [-0.2, 0) is 6.42 Å². The fourth-order valence-corrected chi connectivity index (χ4v) is 11.6. The molecule has 0 amide bonds. The molecular formula is C57H37N3S2. The van der Waals surface area contributed by atoms with Gasteiger partial charge in [0.05, 0.1) is 0 Å². The van der Waals surface area contributed by atoms with E-state index in [2.05, 4.69) is 170 Å². The van der Waals surface area contributed by atoms with Crippen LogP contribution < -0.4 is 0 Å². The van der Waals surface area contributed by atoms with E-state index in [1.54, 1.807) is 22.7 Å². The molecule has 1 aliphatic rings. The molecule has 1 aliphatic carbocycles. The lowest BCUT2D eigenvalue weighted by atomic mass is 9.86. The molecule has 292 valence electrons. The van der Waals surface area contributed by atoms with Gasteiger partial charge in [-0.1, -0.05) is 170 Å². The maximum Gasteiger partial charge on any atom is 0.165 e. The van der Waals surface area contributed by atoms with Gasteiger partial charge in [-0.3, -0.25) is 0 Å². The van der Waals surface area contributed by atoms with Crippen molar-refractivity contribution < 1.29 is 0 Å². The molecule has 0 N–H and O–H groups in total. The molecule has 5 heteroatoms. The molecule has 0 spiro atoms. The van der Waals surface area contributed by atoms with E-state index in [1.165, 1.54) is 79.6 Å². The summed E-state index contributed by atoms with van der Waals surface area (Å²) < 4.78 is 3.66. The second-order valence-electron chi connectivity index (χ2n) is 15.8. The van der Waals surface area contributed by atoms with Gasteiger partial charge in [0.1, 0.15) is 0 Å². The van der Waals surface area contributed by atoms with Crippen LogP contribution in [0.3, 0.4) is 0 Å². The third kappa shape index (κ3) is 6.12. The van der Waals surface area contributed by atoms with Crippen LogP contribution in [0.4, 0.5) is 0 Å². The lowest BCUT2D eigenvalue weighted by Crippen LogP contribution is -2.00. The average molecular weight is 828 g/mol. The third-order valence-electron chi connectivity index (χ3n) is 12.2. The Morgan fingerprint density at radius 1 is 0.500 bits per heavy atom. The van der Waals surface area contributed by atoms with Crippen LogP contribution in [0.2, 0.25) is 0 Å². The summed E-state index contributed by atoms with van der Waals surface area (Å²) >= 11 is 3.57. The summed E-state index contributed by atoms with van der Waals surface area (Å²) in [5.41, 5.74) is 10.4. The Hall–Kier alpha value is -7.31. The number of aryl methyl sites for hydroxylation is 1. The molecule has 0 aliphatic heterocycles. The molecule has 0 bridgehead atoms. The molecule has 3 heterocycles. The van der Waals surface area contributed by atoms with Gasteiger partial charge in [-0.25, -0.2) is 15.0 Å². The van der Waals surface area contributed by atoms with Crippen LogP contribution in [0.5, 0.6) is 0 Å². The van der Waals surface area contributed by atoms with Gasteiger partial charge in [0.25, 0.3) is 0 Å². The summed E-state index contributed by atoms with van der Waals surface area (Å²) in [5, 5.41) is 9.02. The monoisotopic (exact) mass is 827 g/mol. The topological polar surface area (TPSA) is 38.7 Å². The smallest absolute Gasteiger partial charge is 0.165 e. The van der Waals surface area contributed by atoms with E-state index in [-0.39, 0.29) is 0 Å². The summed E-state index contributed by atoms with van der Waals surface area (Å²) in [6, 6.07) is 56.3. The number of hydrogen-bond donors (Lipinski definition) is 0. The third-order valence-corrected chi connectivity index (χ3v) is 14.6. The van der Waals surface area contributed by atoms with Crippen molar-refractivity contribution in [2.45, 2.75) is 12.8 Å². The first-order valence-electron chi connectivity index (χ1n) is 21.0. The molecular weight excluding hydrogens is 791 g/mol. The predicted molar refractivity (Wildman–Crippen MR) is 268 cm³/mol. The van der Waals surface area contributed by atoms with Crippen LogP contribution in [0.25, 0.3) is 121 Å². The van der Waals surface area contributed by atoms with Gasteiger partial charge < -0.3 is 0 Å². The molecule has 12 rings (SSSR count). The molecule has 11 aromatic rings. The molecule has 62 heavy (non-hydrogen) atoms. The minimum atomic E-state index is 0.643. The van der Waals surface area contributed by atoms with E-state index in [0.29, 0.717) is 17.5 Å². The summed E-state index contributed by atoms with van der Waals surface area (Å²) in [6.07, 6.45) is 13.4. The van der Waals surface area contributed by atoms with Gasteiger partial charge in [0.15, 0.2) is 17.5 Å². The number of hydrogen-bond acceptors (Lipinski definition) is 5. The van der Waals surface area contributed by atoms with Crippen LogP contribution >= 0.6 is 22.7 Å². The SMILES string of the molecule is C=Cc1sc2cccc(-c3ccc(-c4nc(-c5ccccc5)nc(-c5cccc6c5sc5ccccc56)n4)cc3)c2c1/C=C/c1ccc2c(c1)c1c(c3ccccc32)CCC=C1. The standard InChI is InChI=1S/C57H37N3S2/c1-2-50-47(33-27-35-26-32-44-42-18-7-6-16-40(42)41-17-8-9-19-43(41)49(44)34-35)53-39(21-13-25-52(53)61-50)36-28-30-38(31-29-36)56-58-55(37-14-4-3-5-15-37)59-57(60-56)48-23-12-22-46-45-20-10-11-24-51(45)62-54(46)48/h2-7,9-16,18-34H,1,8,17H2/b33-27+. The molecule has 0 saturated heterocycles. The summed E-state index contributed by atoms with van der Waals surface area (Å²) in [6.45, 7) is 4.24. The highest BCUT2D eigenvalue weighted by Gasteiger charge is 2.19. The van der Waals surface area contributed by atoms with Crippen LogP contribution in [0.15, 0.2) is 170 Å². The first kappa shape index (κ1) is 36.5. The zero-order chi connectivity index (χ0) is 41.1. The zero-order valence-electron chi connectivity index (χ0n) is 33.7. The number of thiophene rings is 2. The maximum absolute atomic E-state index is 5.17. The van der Waals surface area contributed by atoms with Gasteiger partial charge in [-0.05, 0) is 86.5 Å². The molecule has 3 nitrogen and oxygen atoms in total. The van der Waals surface area contributed by atoms with Crippen molar-refractivity contribution >= 4 is 98.8 Å². The zero-order valence-corrected chi connectivity index (χ0v) is 35.3. The van der Waals surface area contributed by atoms with Gasteiger partial charge in [-0.15, -0.1) is 22.7 Å². The fourth-order valence-electron chi connectivity index (χ4n) is 9.29. The molecule has 0 unspecified atom stereocenters. The van der Waals surface area contributed by atoms with Crippen LogP contribution in [-0.4, -0.2) is 15.0 Å². The Bertz CT molecular complexity index is 3650. The molecule has 3 aromatic heterocycles. The van der Waals surface area contributed by atoms with Crippen molar-refractivity contribution in [1.29, 1.82) is 0 Å². The Labute approximate surface area is 367 Å². The second-order valence-corrected chi connectivity index (χ2v) is 17.9. The summed E-state index contributed by atoms with van der Waals surface area (Å²) in [5.74, 6) is 1.97. The lowest BCUT2D eigenvalue weighted by molar-refractivity contribution is 1.00. The summed E-state index contributed by atoms with van der Waals surface area (Å²) in [7, 11) is 0. The van der Waals surface area contributed by atoms with Crippen molar-refractivity contribution in [3.63, 3.8) is 0 Å². The van der Waals surface area contributed by atoms with Crippen molar-refractivity contribution in [1.82, 2.24) is 15.0 Å². The normalized spacial score (nSPS) is 12.6. The average Bonchev–Trinajstić information content (AvgIpc) is 3.92. The Balaban J connectivity index is 0.942. The quantitative estimate of drug-likeness (QED) is 0.150. The number of benzene rings is 8. The number of rotatable bonds is 7. The Morgan fingerprint density at radius 2 is 1.16 bits per heavy atom. The largest absolute Gasteiger partial charge is 0.208 e. The van der Waals surface area contributed by atoms with Crippen LogP contribution in [0, 0.1) is 0 Å². The van der Waals surface area contributed by atoms with E-state index < -0.39 is 0 Å². The number of aromatic nitrogens is 3. The van der Waals surface area contributed by atoms with E-state index in [4.69, 9.17) is 15.0 Å². The van der Waals surface area contributed by atoms with Crippen molar-refractivity contribution in [2.75, 3.05) is 0 Å². The molecule has 0 fully saturated rings. The number of allylic oxidation sites excluding steroid dienone is 1. The molecule has 0 radical (unpaired) electrons. The van der Waals surface area contributed by atoms with E-state index >= 15 is 0 Å². The molecule has 0 atom stereocenters. The lowest BCUT2D eigenvalue weighted by Gasteiger charge is -2.18. The molecule has 0 saturated carbocycles.